The first-order chi connectivity index (χ1) is 13.2. The number of methoxy groups -OCH3 is 1. The van der Waals surface area contributed by atoms with E-state index >= 15 is 0 Å². The molecule has 0 bridgehead atoms. The van der Waals surface area contributed by atoms with Gasteiger partial charge in [0.25, 0.3) is 0 Å². The third-order valence-electron chi connectivity index (χ3n) is 6.21. The molecule has 0 aromatic rings. The number of hydrogen-bond acceptors (Lipinski definition) is 5. The van der Waals surface area contributed by atoms with E-state index in [2.05, 4.69) is 11.7 Å². The second kappa shape index (κ2) is 11.7. The molecule has 1 aliphatic rings. The van der Waals surface area contributed by atoms with Gasteiger partial charge in [0.1, 0.15) is 5.78 Å². The molecule has 1 fully saturated rings. The third kappa shape index (κ3) is 7.67. The van der Waals surface area contributed by atoms with Gasteiger partial charge in [-0.25, -0.2) is 0 Å². The fraction of sp³-hybridized carbons (Fsp3) is 0.826. The predicted octanol–water partition coefficient (Wildman–Crippen LogP) is 4.34. The van der Waals surface area contributed by atoms with Crippen molar-refractivity contribution in [3.8, 4) is 0 Å². The minimum Gasteiger partial charge on any atom is -0.469 e. The monoisotopic (exact) mass is 396 g/mol. The highest BCUT2D eigenvalue weighted by Crippen LogP contribution is 2.45. The number of rotatable bonds is 13. The van der Waals surface area contributed by atoms with Crippen molar-refractivity contribution in [1.82, 2.24) is 0 Å². The summed E-state index contributed by atoms with van der Waals surface area (Å²) in [7, 11) is 1.40. The molecule has 1 saturated carbocycles. The van der Waals surface area contributed by atoms with Gasteiger partial charge < -0.3 is 14.9 Å². The summed E-state index contributed by atoms with van der Waals surface area (Å²) in [6, 6.07) is 0. The molecule has 0 aromatic carbocycles. The minimum absolute atomic E-state index is 0.131. The van der Waals surface area contributed by atoms with E-state index in [9.17, 15) is 19.8 Å². The van der Waals surface area contributed by atoms with E-state index in [0.29, 0.717) is 12.8 Å². The molecule has 0 spiro atoms. The van der Waals surface area contributed by atoms with Crippen LogP contribution in [0.4, 0.5) is 0 Å². The van der Waals surface area contributed by atoms with Crippen LogP contribution in [0.2, 0.25) is 0 Å². The van der Waals surface area contributed by atoms with E-state index < -0.39 is 17.1 Å². The molecule has 0 aromatic heterocycles. The van der Waals surface area contributed by atoms with E-state index in [-0.39, 0.29) is 24.1 Å². The number of Topliss-reactive ketones (excluding diaryl/α,β-unsaturated/α-hetero) is 1. The Morgan fingerprint density at radius 1 is 1.29 bits per heavy atom. The molecule has 162 valence electrons. The molecule has 1 unspecified atom stereocenters. The largest absolute Gasteiger partial charge is 0.469 e. The van der Waals surface area contributed by atoms with Crippen molar-refractivity contribution in [3.05, 3.63) is 12.2 Å². The van der Waals surface area contributed by atoms with E-state index in [1.807, 2.05) is 26.0 Å². The van der Waals surface area contributed by atoms with Crippen LogP contribution in [0.15, 0.2) is 12.2 Å². The topological polar surface area (TPSA) is 83.8 Å². The maximum atomic E-state index is 12.4. The van der Waals surface area contributed by atoms with Gasteiger partial charge in [-0.3, -0.25) is 9.59 Å². The first-order valence-corrected chi connectivity index (χ1v) is 10.8. The van der Waals surface area contributed by atoms with Gasteiger partial charge in [-0.2, -0.15) is 0 Å². The van der Waals surface area contributed by atoms with Crippen LogP contribution in [0.5, 0.6) is 0 Å². The fourth-order valence-corrected chi connectivity index (χ4v) is 4.13. The fourth-order valence-electron chi connectivity index (χ4n) is 4.13. The minimum atomic E-state index is -0.744. The molecule has 0 amide bonds. The highest BCUT2D eigenvalue weighted by atomic mass is 16.5. The molecule has 0 heterocycles. The Balaban J connectivity index is 2.55. The lowest BCUT2D eigenvalue weighted by Crippen LogP contribution is -2.32. The number of ether oxygens (including phenoxy) is 1. The van der Waals surface area contributed by atoms with Gasteiger partial charge in [0, 0.05) is 24.2 Å². The summed E-state index contributed by atoms with van der Waals surface area (Å²) >= 11 is 0. The van der Waals surface area contributed by atoms with Crippen molar-refractivity contribution in [2.75, 3.05) is 7.11 Å². The van der Waals surface area contributed by atoms with Crippen LogP contribution in [-0.4, -0.2) is 40.8 Å². The third-order valence-corrected chi connectivity index (χ3v) is 6.21. The van der Waals surface area contributed by atoms with Crippen LogP contribution in [-0.2, 0) is 14.3 Å². The predicted molar refractivity (Wildman–Crippen MR) is 111 cm³/mol. The molecule has 0 radical (unpaired) electrons. The summed E-state index contributed by atoms with van der Waals surface area (Å²) < 4.78 is 4.64. The van der Waals surface area contributed by atoms with Crippen LogP contribution >= 0.6 is 0 Å². The number of unbranched alkanes of at least 4 members (excludes halogenated alkanes) is 4. The van der Waals surface area contributed by atoms with Crippen molar-refractivity contribution in [3.63, 3.8) is 0 Å². The summed E-state index contributed by atoms with van der Waals surface area (Å²) in [5, 5.41) is 21.0. The van der Waals surface area contributed by atoms with Gasteiger partial charge in [0.2, 0.25) is 0 Å². The summed E-state index contributed by atoms with van der Waals surface area (Å²) in [6.07, 6.45) is 11.6. The SMILES string of the molecule is CCCCC(C)(O)C/C=C/[C@]1(C)[C@H](O)CC(=O)[C@@H]1CCCCCCC(=O)OC. The van der Waals surface area contributed by atoms with Crippen LogP contribution < -0.4 is 0 Å². The second-order valence-corrected chi connectivity index (χ2v) is 8.84. The van der Waals surface area contributed by atoms with Crippen molar-refractivity contribution in [2.45, 2.75) is 103 Å². The van der Waals surface area contributed by atoms with Gasteiger partial charge in [-0.1, -0.05) is 58.1 Å². The number of ketones is 1. The molecular weight excluding hydrogens is 356 g/mol. The van der Waals surface area contributed by atoms with Gasteiger partial charge in [0.15, 0.2) is 0 Å². The normalized spacial score (nSPS) is 27.3. The number of aliphatic hydroxyl groups is 2. The highest BCUT2D eigenvalue weighted by molar-refractivity contribution is 5.85. The number of aliphatic hydroxyl groups excluding tert-OH is 1. The Morgan fingerprint density at radius 2 is 1.96 bits per heavy atom. The first-order valence-electron chi connectivity index (χ1n) is 10.8. The zero-order valence-electron chi connectivity index (χ0n) is 18.2. The number of carbonyl (C=O) groups excluding carboxylic acids is 2. The van der Waals surface area contributed by atoms with Crippen molar-refractivity contribution >= 4 is 11.8 Å². The lowest BCUT2D eigenvalue weighted by Gasteiger charge is -2.31. The molecule has 1 rings (SSSR count). The van der Waals surface area contributed by atoms with Crippen LogP contribution in [0.1, 0.15) is 91.4 Å². The summed E-state index contributed by atoms with van der Waals surface area (Å²) in [5.41, 5.74) is -1.31. The maximum absolute atomic E-state index is 12.4. The van der Waals surface area contributed by atoms with Crippen LogP contribution in [0.25, 0.3) is 0 Å². The maximum Gasteiger partial charge on any atom is 0.305 e. The zero-order valence-corrected chi connectivity index (χ0v) is 18.2. The molecule has 2 N–H and O–H groups in total. The average molecular weight is 397 g/mol. The van der Waals surface area contributed by atoms with Crippen molar-refractivity contribution < 1.29 is 24.5 Å². The highest BCUT2D eigenvalue weighted by Gasteiger charge is 2.48. The van der Waals surface area contributed by atoms with Gasteiger partial charge in [-0.05, 0) is 32.6 Å². The van der Waals surface area contributed by atoms with Gasteiger partial charge in [0.05, 0.1) is 18.8 Å². The van der Waals surface area contributed by atoms with Crippen molar-refractivity contribution in [1.29, 1.82) is 0 Å². The molecular formula is C23H40O5. The Hall–Kier alpha value is -1.20. The quantitative estimate of drug-likeness (QED) is 0.275. The van der Waals surface area contributed by atoms with Gasteiger partial charge >= 0.3 is 5.97 Å². The van der Waals surface area contributed by atoms with Crippen LogP contribution in [0.3, 0.4) is 0 Å². The van der Waals surface area contributed by atoms with Crippen molar-refractivity contribution in [2.24, 2.45) is 11.3 Å². The molecule has 4 atom stereocenters. The Kier molecular flexibility index (Phi) is 10.4. The van der Waals surface area contributed by atoms with Gasteiger partial charge in [-0.15, -0.1) is 0 Å². The molecule has 28 heavy (non-hydrogen) atoms. The number of hydrogen-bond donors (Lipinski definition) is 2. The molecule has 0 saturated heterocycles. The molecule has 0 aliphatic heterocycles. The smallest absolute Gasteiger partial charge is 0.305 e. The summed E-state index contributed by atoms with van der Waals surface area (Å²) in [5.74, 6) is -0.228. The standard InChI is InChI=1S/C23H40O5/c1-5-6-14-22(2,27)15-11-16-23(3)18(19(24)17-20(23)25)12-9-7-8-10-13-21(26)28-4/h11,16,18,20,25,27H,5-10,12-15,17H2,1-4H3/b16-11+/t18-,20+,22?,23-/m0/s1. The summed E-state index contributed by atoms with van der Waals surface area (Å²) in [4.78, 5) is 23.6. The lowest BCUT2D eigenvalue weighted by atomic mass is 9.75. The van der Waals surface area contributed by atoms with E-state index in [4.69, 9.17) is 0 Å². The zero-order chi connectivity index (χ0) is 21.2. The Bertz CT molecular complexity index is 525. The number of esters is 1. The lowest BCUT2D eigenvalue weighted by molar-refractivity contribution is -0.140. The second-order valence-electron chi connectivity index (χ2n) is 8.84. The number of carbonyl (C=O) groups is 2. The first kappa shape index (κ1) is 24.8. The summed E-state index contributed by atoms with van der Waals surface area (Å²) in [6.45, 7) is 5.91. The molecule has 1 aliphatic carbocycles. The van der Waals surface area contributed by atoms with Crippen LogP contribution in [0, 0.1) is 11.3 Å². The van der Waals surface area contributed by atoms with E-state index in [1.54, 1.807) is 0 Å². The molecule has 5 nitrogen and oxygen atoms in total. The van der Waals surface area contributed by atoms with E-state index in [0.717, 1.165) is 51.4 Å². The van der Waals surface area contributed by atoms with E-state index in [1.165, 1.54) is 7.11 Å². The Morgan fingerprint density at radius 3 is 2.61 bits per heavy atom. The average Bonchev–Trinajstić information content (AvgIpc) is 2.85. The Labute approximate surface area is 170 Å². The molecule has 5 heteroatoms.